The predicted molar refractivity (Wildman–Crippen MR) is 96.1 cm³/mol. The fourth-order valence-electron chi connectivity index (χ4n) is 2.74. The van der Waals surface area contributed by atoms with Crippen LogP contribution in [-0.4, -0.2) is 74.4 Å². The lowest BCUT2D eigenvalue weighted by molar-refractivity contribution is -0.174. The van der Waals surface area contributed by atoms with E-state index in [1.54, 1.807) is 29.2 Å². The molecule has 5 nitrogen and oxygen atoms in total. The summed E-state index contributed by atoms with van der Waals surface area (Å²) in [4.78, 5) is 16.1. The number of piperazine rings is 1. The van der Waals surface area contributed by atoms with Crippen molar-refractivity contribution >= 4 is 17.5 Å². The standard InChI is InChI=1S/C18H24ClF3N2O3/c19-15-2-4-16(5-3-15)27-13-6-17(25)24-10-8-23(9-11-24)7-1-12-26-14-18(20,21)22/h2-5H,1,6-14H2. The molecule has 0 N–H and O–H groups in total. The van der Waals surface area contributed by atoms with Crippen molar-refractivity contribution < 1.29 is 27.4 Å². The van der Waals surface area contributed by atoms with E-state index < -0.39 is 12.8 Å². The molecule has 1 aromatic carbocycles. The average molecular weight is 409 g/mol. The Hall–Kier alpha value is -1.51. The van der Waals surface area contributed by atoms with Crippen molar-refractivity contribution in [3.8, 4) is 5.75 Å². The van der Waals surface area contributed by atoms with E-state index in [1.165, 1.54) is 0 Å². The molecule has 152 valence electrons. The van der Waals surface area contributed by atoms with Crippen LogP contribution in [0, 0.1) is 0 Å². The molecule has 1 amide bonds. The topological polar surface area (TPSA) is 42.0 Å². The lowest BCUT2D eigenvalue weighted by Gasteiger charge is -2.34. The Bertz CT molecular complexity index is 576. The molecule has 0 spiro atoms. The highest BCUT2D eigenvalue weighted by atomic mass is 35.5. The molecular weight excluding hydrogens is 385 g/mol. The first kappa shape index (κ1) is 21.8. The van der Waals surface area contributed by atoms with Crippen LogP contribution < -0.4 is 4.74 Å². The molecule has 0 aliphatic carbocycles. The van der Waals surface area contributed by atoms with Crippen molar-refractivity contribution in [3.63, 3.8) is 0 Å². The van der Waals surface area contributed by atoms with E-state index in [0.29, 0.717) is 62.9 Å². The van der Waals surface area contributed by atoms with E-state index >= 15 is 0 Å². The summed E-state index contributed by atoms with van der Waals surface area (Å²) in [5.74, 6) is 0.710. The SMILES string of the molecule is O=C(CCOc1ccc(Cl)cc1)N1CCN(CCCOCC(F)(F)F)CC1. The first-order valence-electron chi connectivity index (χ1n) is 8.86. The number of ether oxygens (including phenoxy) is 2. The third-order valence-corrected chi connectivity index (χ3v) is 4.40. The van der Waals surface area contributed by atoms with E-state index in [2.05, 4.69) is 9.64 Å². The molecule has 1 fully saturated rings. The number of hydrogen-bond acceptors (Lipinski definition) is 4. The zero-order valence-corrected chi connectivity index (χ0v) is 15.8. The van der Waals surface area contributed by atoms with Gasteiger partial charge in [0.25, 0.3) is 0 Å². The van der Waals surface area contributed by atoms with Crippen LogP contribution in [0.1, 0.15) is 12.8 Å². The zero-order valence-electron chi connectivity index (χ0n) is 15.0. The van der Waals surface area contributed by atoms with Gasteiger partial charge in [-0.2, -0.15) is 13.2 Å². The van der Waals surface area contributed by atoms with Crippen molar-refractivity contribution in [2.75, 3.05) is 52.5 Å². The van der Waals surface area contributed by atoms with Crippen LogP contribution in [0.25, 0.3) is 0 Å². The number of alkyl halides is 3. The molecule has 1 heterocycles. The number of amides is 1. The first-order valence-corrected chi connectivity index (χ1v) is 9.24. The van der Waals surface area contributed by atoms with Crippen LogP contribution in [0.3, 0.4) is 0 Å². The third-order valence-electron chi connectivity index (χ3n) is 4.15. The van der Waals surface area contributed by atoms with Crippen molar-refractivity contribution in [3.05, 3.63) is 29.3 Å². The van der Waals surface area contributed by atoms with E-state index in [0.717, 1.165) is 0 Å². The molecule has 0 unspecified atom stereocenters. The molecule has 0 bridgehead atoms. The molecule has 1 aliphatic rings. The van der Waals surface area contributed by atoms with Gasteiger partial charge in [-0.15, -0.1) is 0 Å². The minimum atomic E-state index is -4.27. The number of halogens is 4. The molecule has 0 saturated carbocycles. The Balaban J connectivity index is 1.55. The Kier molecular flexibility index (Phi) is 8.66. The largest absolute Gasteiger partial charge is 0.493 e. The summed E-state index contributed by atoms with van der Waals surface area (Å²) in [6, 6.07) is 6.96. The molecule has 1 aliphatic heterocycles. The maximum Gasteiger partial charge on any atom is 0.411 e. The highest BCUT2D eigenvalue weighted by Gasteiger charge is 2.27. The monoisotopic (exact) mass is 408 g/mol. The summed E-state index contributed by atoms with van der Waals surface area (Å²) < 4.78 is 46.0. The predicted octanol–water partition coefficient (Wildman–Crippen LogP) is 3.22. The maximum absolute atomic E-state index is 12.2. The van der Waals surface area contributed by atoms with Crippen LogP contribution in [-0.2, 0) is 9.53 Å². The summed E-state index contributed by atoms with van der Waals surface area (Å²) >= 11 is 5.80. The van der Waals surface area contributed by atoms with Gasteiger partial charge in [-0.05, 0) is 30.7 Å². The van der Waals surface area contributed by atoms with E-state index in [9.17, 15) is 18.0 Å². The minimum Gasteiger partial charge on any atom is -0.493 e. The Morgan fingerprint density at radius 3 is 2.37 bits per heavy atom. The minimum absolute atomic E-state index is 0.0390. The van der Waals surface area contributed by atoms with Gasteiger partial charge < -0.3 is 14.4 Å². The zero-order chi connectivity index (χ0) is 19.7. The molecule has 1 saturated heterocycles. The van der Waals surface area contributed by atoms with Crippen LogP contribution in [0.4, 0.5) is 13.2 Å². The molecule has 0 radical (unpaired) electrons. The summed E-state index contributed by atoms with van der Waals surface area (Å²) in [7, 11) is 0. The molecular formula is C18H24ClF3N2O3. The van der Waals surface area contributed by atoms with Crippen molar-refractivity contribution in [2.45, 2.75) is 19.0 Å². The molecule has 2 rings (SSSR count). The fourth-order valence-corrected chi connectivity index (χ4v) is 2.87. The van der Waals surface area contributed by atoms with Crippen LogP contribution in [0.15, 0.2) is 24.3 Å². The van der Waals surface area contributed by atoms with Crippen LogP contribution >= 0.6 is 11.6 Å². The van der Waals surface area contributed by atoms with E-state index in [-0.39, 0.29) is 12.5 Å². The Morgan fingerprint density at radius 2 is 1.74 bits per heavy atom. The molecule has 1 aromatic rings. The van der Waals surface area contributed by atoms with Gasteiger partial charge in [0.15, 0.2) is 0 Å². The van der Waals surface area contributed by atoms with Gasteiger partial charge in [-0.3, -0.25) is 9.69 Å². The summed E-state index contributed by atoms with van der Waals surface area (Å²) in [5, 5.41) is 0.628. The normalized spacial score (nSPS) is 15.8. The highest BCUT2D eigenvalue weighted by Crippen LogP contribution is 2.16. The molecule has 0 atom stereocenters. The van der Waals surface area contributed by atoms with E-state index in [1.807, 2.05) is 0 Å². The second-order valence-corrected chi connectivity index (χ2v) is 6.73. The Morgan fingerprint density at radius 1 is 1.07 bits per heavy atom. The van der Waals surface area contributed by atoms with Gasteiger partial charge in [-0.25, -0.2) is 0 Å². The molecule has 0 aromatic heterocycles. The van der Waals surface area contributed by atoms with Crippen molar-refractivity contribution in [1.82, 2.24) is 9.80 Å². The summed E-state index contributed by atoms with van der Waals surface area (Å²) in [5.41, 5.74) is 0. The first-order chi connectivity index (χ1) is 12.8. The van der Waals surface area contributed by atoms with Gasteiger partial charge in [0.05, 0.1) is 13.0 Å². The Labute approximate surface area is 162 Å². The van der Waals surface area contributed by atoms with Crippen LogP contribution in [0.2, 0.25) is 5.02 Å². The number of benzene rings is 1. The maximum atomic E-state index is 12.2. The smallest absolute Gasteiger partial charge is 0.411 e. The number of carbonyl (C=O) groups is 1. The third kappa shape index (κ3) is 8.81. The number of rotatable bonds is 9. The second kappa shape index (κ2) is 10.7. The van der Waals surface area contributed by atoms with Crippen molar-refractivity contribution in [2.24, 2.45) is 0 Å². The summed E-state index contributed by atoms with van der Waals surface area (Å²) in [6.45, 7) is 2.50. The quantitative estimate of drug-likeness (QED) is 0.588. The lowest BCUT2D eigenvalue weighted by Crippen LogP contribution is -2.49. The fraction of sp³-hybridized carbons (Fsp3) is 0.611. The van der Waals surface area contributed by atoms with Gasteiger partial charge in [0.1, 0.15) is 12.4 Å². The molecule has 9 heteroatoms. The van der Waals surface area contributed by atoms with E-state index in [4.69, 9.17) is 16.3 Å². The number of hydrogen-bond donors (Lipinski definition) is 0. The average Bonchev–Trinajstić information content (AvgIpc) is 2.62. The van der Waals surface area contributed by atoms with Gasteiger partial charge in [-0.1, -0.05) is 11.6 Å². The highest BCUT2D eigenvalue weighted by molar-refractivity contribution is 6.30. The van der Waals surface area contributed by atoms with Crippen molar-refractivity contribution in [1.29, 1.82) is 0 Å². The van der Waals surface area contributed by atoms with Gasteiger partial charge in [0, 0.05) is 44.4 Å². The van der Waals surface area contributed by atoms with Gasteiger partial charge in [0.2, 0.25) is 5.91 Å². The number of nitrogens with zero attached hydrogens (tertiary/aromatic N) is 2. The lowest BCUT2D eigenvalue weighted by atomic mass is 10.2. The van der Waals surface area contributed by atoms with Crippen LogP contribution in [0.5, 0.6) is 5.75 Å². The molecule has 27 heavy (non-hydrogen) atoms. The number of carbonyl (C=O) groups excluding carboxylic acids is 1. The van der Waals surface area contributed by atoms with Gasteiger partial charge >= 0.3 is 6.18 Å². The second-order valence-electron chi connectivity index (χ2n) is 6.30. The summed E-state index contributed by atoms with van der Waals surface area (Å²) in [6.07, 6.45) is -3.43.